The van der Waals surface area contributed by atoms with Crippen molar-refractivity contribution in [1.82, 2.24) is 9.97 Å². The zero-order valence-electron chi connectivity index (χ0n) is 10.8. The Labute approximate surface area is 121 Å². The highest BCUT2D eigenvalue weighted by Gasteiger charge is 2.11. The predicted octanol–water partition coefficient (Wildman–Crippen LogP) is 3.44. The summed E-state index contributed by atoms with van der Waals surface area (Å²) in [5.74, 6) is 6.92. The van der Waals surface area contributed by atoms with Gasteiger partial charge < -0.3 is 5.43 Å². The molecule has 0 aliphatic rings. The van der Waals surface area contributed by atoms with E-state index in [1.54, 1.807) is 11.8 Å². The third kappa shape index (κ3) is 3.37. The van der Waals surface area contributed by atoms with Gasteiger partial charge in [-0.15, -0.1) is 0 Å². The van der Waals surface area contributed by atoms with E-state index in [4.69, 9.17) is 17.4 Å². The summed E-state index contributed by atoms with van der Waals surface area (Å²) in [6.45, 7) is 3.96. The van der Waals surface area contributed by atoms with E-state index in [9.17, 15) is 0 Å². The number of nitrogens with zero attached hydrogens (tertiary/aromatic N) is 2. The number of nitrogen functional groups attached to an aromatic ring is 1. The summed E-state index contributed by atoms with van der Waals surface area (Å²) < 4.78 is 0. The highest BCUT2D eigenvalue weighted by Crippen LogP contribution is 2.32. The minimum absolute atomic E-state index is 0.663. The second-order valence-electron chi connectivity index (χ2n) is 3.98. The first-order chi connectivity index (χ1) is 9.13. The summed E-state index contributed by atoms with van der Waals surface area (Å²) in [4.78, 5) is 9.92. The quantitative estimate of drug-likeness (QED) is 0.514. The van der Waals surface area contributed by atoms with Crippen LogP contribution in [0.1, 0.15) is 18.3 Å². The van der Waals surface area contributed by atoms with Gasteiger partial charge >= 0.3 is 0 Å². The zero-order chi connectivity index (χ0) is 13.8. The molecule has 0 aliphatic heterocycles. The Morgan fingerprint density at radius 3 is 2.79 bits per heavy atom. The molecule has 6 heteroatoms. The molecule has 0 amide bonds. The normalized spacial score (nSPS) is 10.5. The average Bonchev–Trinajstić information content (AvgIpc) is 2.41. The number of rotatable bonds is 4. The summed E-state index contributed by atoms with van der Waals surface area (Å²) >= 11 is 7.55. The van der Waals surface area contributed by atoms with Gasteiger partial charge in [0.15, 0.2) is 0 Å². The number of nitrogens with one attached hydrogen (secondary N) is 1. The Morgan fingerprint density at radius 1 is 1.37 bits per heavy atom. The topological polar surface area (TPSA) is 63.8 Å². The Hall–Kier alpha value is -1.30. The lowest BCUT2D eigenvalue weighted by Crippen LogP contribution is -2.13. The highest BCUT2D eigenvalue weighted by molar-refractivity contribution is 7.99. The molecule has 0 bridgehead atoms. The number of benzene rings is 1. The van der Waals surface area contributed by atoms with Crippen molar-refractivity contribution in [2.75, 3.05) is 5.43 Å². The Morgan fingerprint density at radius 2 is 2.16 bits per heavy atom. The molecule has 1 heterocycles. The van der Waals surface area contributed by atoms with Gasteiger partial charge in [0.05, 0.1) is 0 Å². The van der Waals surface area contributed by atoms with Gasteiger partial charge in [-0.1, -0.05) is 36.4 Å². The molecule has 19 heavy (non-hydrogen) atoms. The number of hydrogen-bond acceptors (Lipinski definition) is 5. The molecule has 0 saturated carbocycles. The first-order valence-corrected chi connectivity index (χ1v) is 7.11. The molecule has 0 radical (unpaired) electrons. The minimum atomic E-state index is 0.663. The van der Waals surface area contributed by atoms with Crippen molar-refractivity contribution in [1.29, 1.82) is 0 Å². The maximum atomic E-state index is 5.99. The van der Waals surface area contributed by atoms with Gasteiger partial charge in [0, 0.05) is 21.9 Å². The first-order valence-electron chi connectivity index (χ1n) is 5.91. The van der Waals surface area contributed by atoms with E-state index in [2.05, 4.69) is 15.4 Å². The SMILES string of the molecule is CCc1nc(NN)c(C)c(Sc2cccc(Cl)c2)n1. The molecule has 0 unspecified atom stereocenters. The van der Waals surface area contributed by atoms with Crippen LogP contribution in [-0.2, 0) is 6.42 Å². The fourth-order valence-electron chi connectivity index (χ4n) is 1.58. The maximum absolute atomic E-state index is 5.99. The Kier molecular flexibility index (Phi) is 4.63. The molecular formula is C13H15ClN4S. The molecule has 3 N–H and O–H groups in total. The molecular weight excluding hydrogens is 280 g/mol. The summed E-state index contributed by atoms with van der Waals surface area (Å²) in [5.41, 5.74) is 3.55. The number of aryl methyl sites for hydroxylation is 1. The second-order valence-corrected chi connectivity index (χ2v) is 5.47. The van der Waals surface area contributed by atoms with Crippen molar-refractivity contribution in [3.8, 4) is 0 Å². The molecule has 0 fully saturated rings. The van der Waals surface area contributed by atoms with Crippen molar-refractivity contribution in [3.63, 3.8) is 0 Å². The number of hydrazine groups is 1. The lowest BCUT2D eigenvalue weighted by Gasteiger charge is -2.11. The summed E-state index contributed by atoms with van der Waals surface area (Å²) in [7, 11) is 0. The minimum Gasteiger partial charge on any atom is -0.308 e. The van der Waals surface area contributed by atoms with Crippen LogP contribution in [0.25, 0.3) is 0 Å². The zero-order valence-corrected chi connectivity index (χ0v) is 12.3. The summed E-state index contributed by atoms with van der Waals surface area (Å²) in [6.07, 6.45) is 0.762. The van der Waals surface area contributed by atoms with Crippen LogP contribution in [0.2, 0.25) is 5.02 Å². The fourth-order valence-corrected chi connectivity index (χ4v) is 2.79. The van der Waals surface area contributed by atoms with Crippen LogP contribution < -0.4 is 11.3 Å². The van der Waals surface area contributed by atoms with E-state index in [1.807, 2.05) is 38.1 Å². The van der Waals surface area contributed by atoms with Gasteiger partial charge in [-0.05, 0) is 25.1 Å². The molecule has 100 valence electrons. The second kappa shape index (κ2) is 6.23. The molecule has 2 rings (SSSR count). The van der Waals surface area contributed by atoms with Crippen molar-refractivity contribution in [3.05, 3.63) is 40.7 Å². The van der Waals surface area contributed by atoms with Gasteiger partial charge in [0.25, 0.3) is 0 Å². The van der Waals surface area contributed by atoms with Gasteiger partial charge in [0.2, 0.25) is 0 Å². The van der Waals surface area contributed by atoms with Gasteiger partial charge in [-0.2, -0.15) is 0 Å². The van der Waals surface area contributed by atoms with E-state index < -0.39 is 0 Å². The largest absolute Gasteiger partial charge is 0.308 e. The standard InChI is InChI=1S/C13H15ClN4S/c1-3-11-16-12(18-15)8(2)13(17-11)19-10-6-4-5-9(14)7-10/h4-7H,3,15H2,1-2H3,(H,16,17,18). The van der Waals surface area contributed by atoms with Gasteiger partial charge in [-0.25, -0.2) is 15.8 Å². The Bertz CT molecular complexity index is 589. The smallest absolute Gasteiger partial charge is 0.147 e. The number of hydrogen-bond donors (Lipinski definition) is 2. The molecule has 0 aliphatic carbocycles. The molecule has 0 spiro atoms. The van der Waals surface area contributed by atoms with Crippen LogP contribution in [0.15, 0.2) is 34.2 Å². The molecule has 0 atom stereocenters. The van der Waals surface area contributed by atoms with Crippen molar-refractivity contribution in [2.45, 2.75) is 30.2 Å². The average molecular weight is 295 g/mol. The fraction of sp³-hybridized carbons (Fsp3) is 0.231. The van der Waals surface area contributed by atoms with Crippen LogP contribution in [0.4, 0.5) is 5.82 Å². The van der Waals surface area contributed by atoms with Gasteiger partial charge in [0.1, 0.15) is 16.7 Å². The number of anilines is 1. The van der Waals surface area contributed by atoms with E-state index in [1.165, 1.54) is 0 Å². The predicted molar refractivity (Wildman–Crippen MR) is 79.5 cm³/mol. The van der Waals surface area contributed by atoms with Crippen LogP contribution in [-0.4, -0.2) is 9.97 Å². The summed E-state index contributed by atoms with van der Waals surface area (Å²) in [5, 5.41) is 1.60. The Balaban J connectivity index is 2.38. The molecule has 2 aromatic rings. The van der Waals surface area contributed by atoms with E-state index >= 15 is 0 Å². The van der Waals surface area contributed by atoms with Crippen molar-refractivity contribution in [2.24, 2.45) is 5.84 Å². The summed E-state index contributed by atoms with van der Waals surface area (Å²) in [6, 6.07) is 7.68. The highest BCUT2D eigenvalue weighted by atomic mass is 35.5. The molecule has 1 aromatic heterocycles. The van der Waals surface area contributed by atoms with Crippen LogP contribution in [0.3, 0.4) is 0 Å². The van der Waals surface area contributed by atoms with Gasteiger partial charge in [-0.3, -0.25) is 0 Å². The van der Waals surface area contributed by atoms with Crippen molar-refractivity contribution < 1.29 is 0 Å². The third-order valence-electron chi connectivity index (χ3n) is 2.61. The number of aromatic nitrogens is 2. The van der Waals surface area contributed by atoms with E-state index in [-0.39, 0.29) is 0 Å². The third-order valence-corrected chi connectivity index (χ3v) is 3.93. The monoisotopic (exact) mass is 294 g/mol. The molecule has 1 aromatic carbocycles. The number of halogens is 1. The first kappa shape index (κ1) is 14.1. The van der Waals surface area contributed by atoms with E-state index in [0.717, 1.165) is 27.7 Å². The van der Waals surface area contributed by atoms with Crippen molar-refractivity contribution >= 4 is 29.2 Å². The molecule has 0 saturated heterocycles. The lowest BCUT2D eigenvalue weighted by molar-refractivity contribution is 0.871. The van der Waals surface area contributed by atoms with Crippen LogP contribution in [0, 0.1) is 6.92 Å². The number of nitrogens with two attached hydrogens (primary N) is 1. The lowest BCUT2D eigenvalue weighted by atomic mass is 10.3. The van der Waals surface area contributed by atoms with Crippen LogP contribution in [0.5, 0.6) is 0 Å². The van der Waals surface area contributed by atoms with Crippen LogP contribution >= 0.6 is 23.4 Å². The van der Waals surface area contributed by atoms with E-state index in [0.29, 0.717) is 10.8 Å². The molecule has 4 nitrogen and oxygen atoms in total. The maximum Gasteiger partial charge on any atom is 0.147 e.